The van der Waals surface area contributed by atoms with Crippen LogP contribution in [-0.2, 0) is 0 Å². The maximum atomic E-state index is 10.1. The van der Waals surface area contributed by atoms with Crippen LogP contribution in [0, 0.1) is 17.0 Å². The van der Waals surface area contributed by atoms with Gasteiger partial charge < -0.3 is 0 Å². The van der Waals surface area contributed by atoms with Crippen LogP contribution in [0.25, 0.3) is 10.2 Å². The summed E-state index contributed by atoms with van der Waals surface area (Å²) in [5.74, 6) is 0.202. The Hall–Kier alpha value is -1.69. The van der Waals surface area contributed by atoms with Gasteiger partial charge in [0.05, 0.1) is 15.2 Å². The number of hydrogen-bond donors (Lipinski definition) is 0. The standard InChI is InChI=1S/C8H6N2O3S/c1-5-9-7-4-6(13-10(11)12)2-3-8(7)14-5/h2-4H,1H3. The third-order valence-corrected chi connectivity index (χ3v) is 2.60. The van der Waals surface area contributed by atoms with Crippen LogP contribution in [0.15, 0.2) is 18.2 Å². The van der Waals surface area contributed by atoms with Crippen molar-refractivity contribution >= 4 is 21.6 Å². The number of thiazole rings is 1. The normalized spacial score (nSPS) is 10.4. The molecule has 0 unspecified atom stereocenters. The maximum Gasteiger partial charge on any atom is 0.299 e. The van der Waals surface area contributed by atoms with Crippen LogP contribution >= 0.6 is 11.3 Å². The molecule has 0 amide bonds. The van der Waals surface area contributed by atoms with E-state index in [0.717, 1.165) is 15.2 Å². The third kappa shape index (κ3) is 1.64. The van der Waals surface area contributed by atoms with Crippen molar-refractivity contribution in [3.63, 3.8) is 0 Å². The number of fused-ring (bicyclic) bond motifs is 1. The summed E-state index contributed by atoms with van der Waals surface area (Å²) in [6.45, 7) is 1.89. The molecule has 0 aliphatic heterocycles. The molecule has 0 saturated carbocycles. The van der Waals surface area contributed by atoms with E-state index in [-0.39, 0.29) is 5.75 Å². The second kappa shape index (κ2) is 3.22. The molecule has 2 aromatic rings. The molecule has 0 bridgehead atoms. The predicted octanol–water partition coefficient (Wildman–Crippen LogP) is 2.18. The summed E-state index contributed by atoms with van der Waals surface area (Å²) in [6, 6.07) is 4.88. The van der Waals surface area contributed by atoms with Gasteiger partial charge in [0, 0.05) is 0 Å². The molecule has 0 atom stereocenters. The first-order chi connectivity index (χ1) is 6.65. The summed E-state index contributed by atoms with van der Waals surface area (Å²) in [7, 11) is 0. The zero-order valence-electron chi connectivity index (χ0n) is 7.26. The first kappa shape index (κ1) is 8.89. The van der Waals surface area contributed by atoms with Crippen molar-refractivity contribution in [1.82, 2.24) is 4.98 Å². The van der Waals surface area contributed by atoms with Crippen LogP contribution in [0.2, 0.25) is 0 Å². The number of rotatable bonds is 2. The topological polar surface area (TPSA) is 65.3 Å². The molecule has 0 aliphatic rings. The predicted molar refractivity (Wildman–Crippen MR) is 52.0 cm³/mol. The highest BCUT2D eigenvalue weighted by Gasteiger charge is 2.04. The molecule has 0 N–H and O–H groups in total. The van der Waals surface area contributed by atoms with Crippen LogP contribution in [0.3, 0.4) is 0 Å². The van der Waals surface area contributed by atoms with Crippen molar-refractivity contribution in [2.75, 3.05) is 0 Å². The summed E-state index contributed by atoms with van der Waals surface area (Å²) < 4.78 is 0.998. The molecular formula is C8H6N2O3S. The van der Waals surface area contributed by atoms with E-state index in [1.807, 2.05) is 6.92 Å². The van der Waals surface area contributed by atoms with Crippen LogP contribution in [-0.4, -0.2) is 10.1 Å². The Labute approximate surface area is 83.1 Å². The van der Waals surface area contributed by atoms with Crippen molar-refractivity contribution in [3.8, 4) is 5.75 Å². The van der Waals surface area contributed by atoms with Crippen LogP contribution in [0.5, 0.6) is 5.75 Å². The number of benzene rings is 1. The van der Waals surface area contributed by atoms with Crippen molar-refractivity contribution < 1.29 is 9.92 Å². The fourth-order valence-corrected chi connectivity index (χ4v) is 1.97. The minimum atomic E-state index is -0.833. The highest BCUT2D eigenvalue weighted by atomic mass is 32.1. The largest absolute Gasteiger partial charge is 0.299 e. The van der Waals surface area contributed by atoms with Gasteiger partial charge in [0.2, 0.25) is 0 Å². The minimum absolute atomic E-state index is 0.202. The van der Waals surface area contributed by atoms with Crippen LogP contribution < -0.4 is 4.84 Å². The van der Waals surface area contributed by atoms with Gasteiger partial charge in [-0.3, -0.25) is 4.84 Å². The zero-order chi connectivity index (χ0) is 10.1. The van der Waals surface area contributed by atoms with Gasteiger partial charge in [-0.05, 0) is 25.1 Å². The molecule has 0 radical (unpaired) electrons. The Morgan fingerprint density at radius 2 is 2.36 bits per heavy atom. The average molecular weight is 210 g/mol. The van der Waals surface area contributed by atoms with Gasteiger partial charge in [-0.25, -0.2) is 4.98 Å². The second-order valence-electron chi connectivity index (χ2n) is 2.68. The van der Waals surface area contributed by atoms with Crippen LogP contribution in [0.1, 0.15) is 5.01 Å². The van der Waals surface area contributed by atoms with E-state index < -0.39 is 5.09 Å². The van der Waals surface area contributed by atoms with Gasteiger partial charge in [0.1, 0.15) is 5.75 Å². The smallest absolute Gasteiger partial charge is 0.276 e. The fraction of sp³-hybridized carbons (Fsp3) is 0.125. The molecule has 0 fully saturated rings. The van der Waals surface area contributed by atoms with E-state index >= 15 is 0 Å². The Morgan fingerprint density at radius 3 is 3.07 bits per heavy atom. The van der Waals surface area contributed by atoms with Gasteiger partial charge in [0.15, 0.2) is 0 Å². The Morgan fingerprint density at radius 1 is 1.57 bits per heavy atom. The third-order valence-electron chi connectivity index (χ3n) is 1.65. The fourth-order valence-electron chi connectivity index (χ4n) is 1.17. The SMILES string of the molecule is Cc1nc2cc(O[N+](=O)[O-])ccc2s1. The van der Waals surface area contributed by atoms with Crippen molar-refractivity contribution in [2.45, 2.75) is 6.92 Å². The Kier molecular flexibility index (Phi) is 2.05. The molecule has 1 aromatic heterocycles. The highest BCUT2D eigenvalue weighted by Crippen LogP contribution is 2.25. The van der Waals surface area contributed by atoms with Gasteiger partial charge in [-0.2, -0.15) is 0 Å². The monoisotopic (exact) mass is 210 g/mol. The summed E-state index contributed by atoms with van der Waals surface area (Å²) in [5.41, 5.74) is 0.729. The van der Waals surface area contributed by atoms with Crippen molar-refractivity contribution in [2.24, 2.45) is 0 Å². The number of hydrogen-bond acceptors (Lipinski definition) is 5. The molecule has 2 rings (SSSR count). The first-order valence-corrected chi connectivity index (χ1v) is 4.66. The molecule has 14 heavy (non-hydrogen) atoms. The lowest BCUT2D eigenvalue weighted by molar-refractivity contribution is -0.711. The average Bonchev–Trinajstić information content (AvgIpc) is 2.42. The summed E-state index contributed by atoms with van der Waals surface area (Å²) in [5, 5.41) is 10.2. The van der Waals surface area contributed by atoms with Gasteiger partial charge >= 0.3 is 0 Å². The molecule has 72 valence electrons. The second-order valence-corrected chi connectivity index (χ2v) is 3.91. The zero-order valence-corrected chi connectivity index (χ0v) is 8.08. The van der Waals surface area contributed by atoms with E-state index in [1.54, 1.807) is 29.5 Å². The summed E-state index contributed by atoms with van der Waals surface area (Å²) in [6.07, 6.45) is 0. The Bertz CT molecular complexity index is 494. The summed E-state index contributed by atoms with van der Waals surface area (Å²) in [4.78, 5) is 18.6. The number of nitrogens with zero attached hydrogens (tertiary/aromatic N) is 2. The molecule has 0 saturated heterocycles. The van der Waals surface area contributed by atoms with Gasteiger partial charge in [-0.15, -0.1) is 21.5 Å². The Balaban J connectivity index is 2.45. The molecule has 1 aromatic carbocycles. The van der Waals surface area contributed by atoms with Crippen molar-refractivity contribution in [3.05, 3.63) is 33.3 Å². The maximum absolute atomic E-state index is 10.1. The minimum Gasteiger partial charge on any atom is -0.276 e. The van der Waals surface area contributed by atoms with Gasteiger partial charge in [0.25, 0.3) is 5.09 Å². The molecule has 5 nitrogen and oxygen atoms in total. The van der Waals surface area contributed by atoms with Crippen LogP contribution in [0.4, 0.5) is 0 Å². The van der Waals surface area contributed by atoms with E-state index in [0.29, 0.717) is 0 Å². The number of aromatic nitrogens is 1. The lowest BCUT2D eigenvalue weighted by atomic mass is 10.3. The number of aryl methyl sites for hydroxylation is 1. The molecule has 0 spiro atoms. The lowest BCUT2D eigenvalue weighted by Crippen LogP contribution is -2.02. The van der Waals surface area contributed by atoms with E-state index in [1.165, 1.54) is 0 Å². The van der Waals surface area contributed by atoms with Gasteiger partial charge in [-0.1, -0.05) is 0 Å². The van der Waals surface area contributed by atoms with E-state index in [4.69, 9.17) is 0 Å². The lowest BCUT2D eigenvalue weighted by Gasteiger charge is -1.96. The van der Waals surface area contributed by atoms with E-state index in [9.17, 15) is 10.1 Å². The molecular weight excluding hydrogens is 204 g/mol. The highest BCUT2D eigenvalue weighted by molar-refractivity contribution is 7.18. The van der Waals surface area contributed by atoms with E-state index in [2.05, 4.69) is 9.82 Å². The molecule has 0 aliphatic carbocycles. The molecule has 1 heterocycles. The van der Waals surface area contributed by atoms with Crippen molar-refractivity contribution in [1.29, 1.82) is 0 Å². The summed E-state index contributed by atoms with van der Waals surface area (Å²) >= 11 is 1.54. The quantitative estimate of drug-likeness (QED) is 0.562. The first-order valence-electron chi connectivity index (χ1n) is 3.85. The molecule has 6 heteroatoms.